The summed E-state index contributed by atoms with van der Waals surface area (Å²) < 4.78 is 34.5. The molecule has 0 saturated heterocycles. The Morgan fingerprint density at radius 2 is 2.00 bits per heavy atom. The van der Waals surface area contributed by atoms with Gasteiger partial charge in [-0.1, -0.05) is 0 Å². The van der Waals surface area contributed by atoms with Crippen LogP contribution in [0.15, 0.2) is 0 Å². The lowest BCUT2D eigenvalue weighted by molar-refractivity contribution is -0.0922. The van der Waals surface area contributed by atoms with E-state index < -0.39 is 12.1 Å². The normalized spacial score (nSPS) is 37.3. The lowest BCUT2D eigenvalue weighted by Crippen LogP contribution is -2.41. The van der Waals surface area contributed by atoms with Gasteiger partial charge in [0.1, 0.15) is 0 Å². The van der Waals surface area contributed by atoms with Crippen molar-refractivity contribution < 1.29 is 13.2 Å². The van der Waals surface area contributed by atoms with Gasteiger partial charge in [0.2, 0.25) is 0 Å². The molecular formula is C4H4F3. The second-order valence-corrected chi connectivity index (χ2v) is 1.58. The third-order valence-corrected chi connectivity index (χ3v) is 1.01. The SMILES string of the molecule is FC1C[CH]C1(F)F. The molecule has 3 heteroatoms. The van der Waals surface area contributed by atoms with E-state index in [1.807, 2.05) is 0 Å². The standard InChI is InChI=1S/C4H4F3/c5-3-1-2-4(3,6)7/h2-3H,1H2. The fourth-order valence-electron chi connectivity index (χ4n) is 0.385. The molecule has 1 fully saturated rings. The molecule has 7 heavy (non-hydrogen) atoms. The van der Waals surface area contributed by atoms with Crippen molar-refractivity contribution in [1.82, 2.24) is 0 Å². The summed E-state index contributed by atoms with van der Waals surface area (Å²) in [6, 6.07) is 0. The first-order chi connectivity index (χ1) is 3.13. The van der Waals surface area contributed by atoms with E-state index in [2.05, 4.69) is 0 Å². The molecule has 1 radical (unpaired) electrons. The summed E-state index contributed by atoms with van der Waals surface area (Å²) in [5.74, 6) is -3.11. The molecule has 0 N–H and O–H groups in total. The predicted octanol–water partition coefficient (Wildman–Crippen LogP) is 1.57. The summed E-state index contributed by atoms with van der Waals surface area (Å²) in [5.41, 5.74) is 0. The number of rotatable bonds is 0. The Morgan fingerprint density at radius 1 is 1.57 bits per heavy atom. The molecule has 0 aromatic heterocycles. The Bertz CT molecular complexity index is 79.0. The highest BCUT2D eigenvalue weighted by Gasteiger charge is 2.49. The van der Waals surface area contributed by atoms with Crippen LogP contribution in [0.4, 0.5) is 13.2 Å². The third kappa shape index (κ3) is 0.598. The van der Waals surface area contributed by atoms with Gasteiger partial charge >= 0.3 is 0 Å². The molecule has 0 spiro atoms. The van der Waals surface area contributed by atoms with Crippen LogP contribution in [0, 0.1) is 6.42 Å². The number of halogens is 3. The van der Waals surface area contributed by atoms with Gasteiger partial charge < -0.3 is 0 Å². The first-order valence-electron chi connectivity index (χ1n) is 1.99. The number of hydrogen-bond donors (Lipinski definition) is 0. The van der Waals surface area contributed by atoms with Gasteiger partial charge in [-0.15, -0.1) is 0 Å². The summed E-state index contributed by atoms with van der Waals surface area (Å²) in [6.45, 7) is 0. The number of hydrogen-bond acceptors (Lipinski definition) is 0. The van der Waals surface area contributed by atoms with Crippen molar-refractivity contribution in [3.05, 3.63) is 6.42 Å². The van der Waals surface area contributed by atoms with E-state index in [4.69, 9.17) is 0 Å². The average molecular weight is 109 g/mol. The van der Waals surface area contributed by atoms with Crippen molar-refractivity contribution in [2.45, 2.75) is 18.5 Å². The fourth-order valence-corrected chi connectivity index (χ4v) is 0.385. The molecule has 0 bridgehead atoms. The Hall–Kier alpha value is -0.210. The molecule has 1 aliphatic rings. The van der Waals surface area contributed by atoms with E-state index in [-0.39, 0.29) is 6.42 Å². The molecule has 41 valence electrons. The predicted molar refractivity (Wildman–Crippen MR) is 18.8 cm³/mol. The highest BCUT2D eigenvalue weighted by atomic mass is 19.3. The van der Waals surface area contributed by atoms with E-state index >= 15 is 0 Å². The van der Waals surface area contributed by atoms with Crippen LogP contribution in [0.5, 0.6) is 0 Å². The van der Waals surface area contributed by atoms with Crippen LogP contribution in [-0.4, -0.2) is 12.1 Å². The van der Waals surface area contributed by atoms with Crippen LogP contribution in [-0.2, 0) is 0 Å². The zero-order chi connectivity index (χ0) is 5.49. The minimum absolute atomic E-state index is 0.0903. The molecule has 0 heterocycles. The van der Waals surface area contributed by atoms with Crippen molar-refractivity contribution in [1.29, 1.82) is 0 Å². The maximum atomic E-state index is 11.5. The summed E-state index contributed by atoms with van der Waals surface area (Å²) >= 11 is 0. The molecule has 0 amide bonds. The first kappa shape index (κ1) is 4.94. The van der Waals surface area contributed by atoms with Crippen LogP contribution >= 0.6 is 0 Å². The largest absolute Gasteiger partial charge is 0.282 e. The third-order valence-electron chi connectivity index (χ3n) is 1.01. The van der Waals surface area contributed by atoms with Gasteiger partial charge in [-0.05, 0) is 6.42 Å². The van der Waals surface area contributed by atoms with E-state index in [1.165, 1.54) is 0 Å². The van der Waals surface area contributed by atoms with Gasteiger partial charge in [-0.25, -0.2) is 13.2 Å². The van der Waals surface area contributed by atoms with Crippen LogP contribution in [0.1, 0.15) is 6.42 Å². The van der Waals surface area contributed by atoms with Gasteiger partial charge in [0.25, 0.3) is 5.92 Å². The van der Waals surface area contributed by atoms with Crippen molar-refractivity contribution in [3.8, 4) is 0 Å². The summed E-state index contributed by atoms with van der Waals surface area (Å²) in [7, 11) is 0. The van der Waals surface area contributed by atoms with Crippen molar-refractivity contribution >= 4 is 0 Å². The second kappa shape index (κ2) is 1.14. The van der Waals surface area contributed by atoms with Gasteiger partial charge in [-0.2, -0.15) is 0 Å². The molecular weight excluding hydrogens is 105 g/mol. The highest BCUT2D eigenvalue weighted by molar-refractivity contribution is 5.03. The van der Waals surface area contributed by atoms with Crippen LogP contribution in [0.2, 0.25) is 0 Å². The monoisotopic (exact) mass is 109 g/mol. The zero-order valence-electron chi connectivity index (χ0n) is 3.50. The second-order valence-electron chi connectivity index (χ2n) is 1.58. The highest BCUT2D eigenvalue weighted by Crippen LogP contribution is 2.38. The lowest BCUT2D eigenvalue weighted by atomic mass is 9.93. The molecule has 1 atom stereocenters. The average Bonchev–Trinajstić information content (AvgIpc) is 1.63. The van der Waals surface area contributed by atoms with Crippen LogP contribution in [0.3, 0.4) is 0 Å². The molecule has 1 unspecified atom stereocenters. The molecule has 0 aromatic rings. The van der Waals surface area contributed by atoms with Crippen molar-refractivity contribution in [3.63, 3.8) is 0 Å². The Kier molecular flexibility index (Phi) is 0.805. The molecule has 0 aromatic carbocycles. The molecule has 0 aliphatic heterocycles. The van der Waals surface area contributed by atoms with E-state index in [9.17, 15) is 13.2 Å². The first-order valence-corrected chi connectivity index (χ1v) is 1.99. The van der Waals surface area contributed by atoms with Gasteiger partial charge in [-0.3, -0.25) is 0 Å². The van der Waals surface area contributed by atoms with E-state index in [0.717, 1.165) is 0 Å². The van der Waals surface area contributed by atoms with Crippen molar-refractivity contribution in [2.75, 3.05) is 0 Å². The maximum absolute atomic E-state index is 11.5. The summed E-state index contributed by atoms with van der Waals surface area (Å²) in [6.07, 6.45) is -1.32. The van der Waals surface area contributed by atoms with Crippen LogP contribution in [0.25, 0.3) is 0 Å². The minimum atomic E-state index is -3.11. The molecule has 1 aliphatic carbocycles. The molecule has 0 nitrogen and oxygen atoms in total. The van der Waals surface area contributed by atoms with E-state index in [0.29, 0.717) is 6.42 Å². The topological polar surface area (TPSA) is 0 Å². The Morgan fingerprint density at radius 3 is 2.00 bits per heavy atom. The van der Waals surface area contributed by atoms with Gasteiger partial charge in [0, 0.05) is 6.42 Å². The quantitative estimate of drug-likeness (QED) is 0.443. The van der Waals surface area contributed by atoms with Crippen LogP contribution < -0.4 is 0 Å². The lowest BCUT2D eigenvalue weighted by Gasteiger charge is -2.28. The zero-order valence-corrected chi connectivity index (χ0v) is 3.50. The van der Waals surface area contributed by atoms with Crippen molar-refractivity contribution in [2.24, 2.45) is 0 Å². The summed E-state index contributed by atoms with van der Waals surface area (Å²) in [5, 5.41) is 0. The van der Waals surface area contributed by atoms with E-state index in [1.54, 1.807) is 0 Å². The maximum Gasteiger partial charge on any atom is 0.282 e. The molecule has 1 saturated carbocycles. The molecule has 1 rings (SSSR count). The minimum Gasteiger partial charge on any atom is -0.241 e. The smallest absolute Gasteiger partial charge is 0.241 e. The number of alkyl halides is 3. The van der Waals surface area contributed by atoms with Gasteiger partial charge in [0.05, 0.1) is 0 Å². The Balaban J connectivity index is 2.43. The fraction of sp³-hybridized carbons (Fsp3) is 0.750. The summed E-state index contributed by atoms with van der Waals surface area (Å²) in [4.78, 5) is 0. The Labute approximate surface area is 39.3 Å². The van der Waals surface area contributed by atoms with Gasteiger partial charge in [0.15, 0.2) is 6.17 Å².